The predicted octanol–water partition coefficient (Wildman–Crippen LogP) is 3.24. The number of rotatable bonds is 6. The van der Waals surface area contributed by atoms with E-state index in [9.17, 15) is 4.79 Å². The standard InChI is InChI=1S/C25H28N4O2/c1-31-24-9-7-20(8-10-24)16-25(30)29-14-13-28(23-5-3-2-4-6-23)18-21(19-29)15-22-17-26-11-12-27-22/h2-12,17,21H,13-16,18-19H2,1H3/t21-/m1/s1. The van der Waals surface area contributed by atoms with Gasteiger partial charge in [0.15, 0.2) is 0 Å². The van der Waals surface area contributed by atoms with Crippen molar-refractivity contribution in [3.63, 3.8) is 0 Å². The molecule has 0 aliphatic carbocycles. The maximum atomic E-state index is 13.2. The first-order valence-electron chi connectivity index (χ1n) is 10.7. The monoisotopic (exact) mass is 416 g/mol. The Kier molecular flexibility index (Phi) is 6.77. The van der Waals surface area contributed by atoms with E-state index in [-0.39, 0.29) is 11.8 Å². The summed E-state index contributed by atoms with van der Waals surface area (Å²) >= 11 is 0. The number of methoxy groups -OCH3 is 1. The van der Waals surface area contributed by atoms with E-state index in [1.807, 2.05) is 41.4 Å². The molecule has 0 bridgehead atoms. The summed E-state index contributed by atoms with van der Waals surface area (Å²) in [6.45, 7) is 3.12. The molecule has 1 aliphatic heterocycles. The molecule has 2 aromatic carbocycles. The van der Waals surface area contributed by atoms with Gasteiger partial charge < -0.3 is 14.5 Å². The number of hydrogen-bond donors (Lipinski definition) is 0. The Morgan fingerprint density at radius 3 is 2.55 bits per heavy atom. The number of benzene rings is 2. The van der Waals surface area contributed by atoms with E-state index in [2.05, 4.69) is 39.1 Å². The van der Waals surface area contributed by atoms with Gasteiger partial charge in [-0.2, -0.15) is 0 Å². The lowest BCUT2D eigenvalue weighted by Gasteiger charge is -2.25. The van der Waals surface area contributed by atoms with Crippen LogP contribution in [0.4, 0.5) is 5.69 Å². The van der Waals surface area contributed by atoms with Crippen molar-refractivity contribution in [2.45, 2.75) is 12.8 Å². The average molecular weight is 417 g/mol. The SMILES string of the molecule is COc1ccc(CC(=O)N2CCN(c3ccccc3)C[C@@H](Cc3cnccn3)C2)cc1. The van der Waals surface area contributed by atoms with E-state index < -0.39 is 0 Å². The van der Waals surface area contributed by atoms with Crippen LogP contribution in [0.2, 0.25) is 0 Å². The van der Waals surface area contributed by atoms with Gasteiger partial charge in [-0.3, -0.25) is 14.8 Å². The third-order valence-corrected chi connectivity index (χ3v) is 5.70. The number of carbonyl (C=O) groups is 1. The van der Waals surface area contributed by atoms with Crippen LogP contribution in [0.25, 0.3) is 0 Å². The molecular weight excluding hydrogens is 388 g/mol. The van der Waals surface area contributed by atoms with Crippen LogP contribution in [0.5, 0.6) is 5.75 Å². The van der Waals surface area contributed by atoms with Crippen LogP contribution in [0, 0.1) is 5.92 Å². The van der Waals surface area contributed by atoms with E-state index in [0.29, 0.717) is 13.0 Å². The zero-order valence-corrected chi connectivity index (χ0v) is 17.9. The third kappa shape index (κ3) is 5.60. The van der Waals surface area contributed by atoms with E-state index in [0.717, 1.165) is 43.1 Å². The fraction of sp³-hybridized carbons (Fsp3) is 0.320. The molecule has 6 nitrogen and oxygen atoms in total. The Morgan fingerprint density at radius 1 is 1.03 bits per heavy atom. The maximum absolute atomic E-state index is 13.2. The fourth-order valence-electron chi connectivity index (χ4n) is 4.09. The molecule has 1 fully saturated rings. The smallest absolute Gasteiger partial charge is 0.227 e. The molecule has 31 heavy (non-hydrogen) atoms. The van der Waals surface area contributed by atoms with Gasteiger partial charge in [0.2, 0.25) is 5.91 Å². The molecule has 0 saturated carbocycles. The van der Waals surface area contributed by atoms with Gasteiger partial charge in [0, 0.05) is 50.5 Å². The van der Waals surface area contributed by atoms with Crippen molar-refractivity contribution in [1.82, 2.24) is 14.9 Å². The van der Waals surface area contributed by atoms with Crippen molar-refractivity contribution in [1.29, 1.82) is 0 Å². The Balaban J connectivity index is 1.49. The minimum atomic E-state index is 0.157. The second kappa shape index (κ2) is 10.1. The molecule has 0 unspecified atom stereocenters. The van der Waals surface area contributed by atoms with Crippen molar-refractivity contribution in [3.05, 3.63) is 84.4 Å². The topological polar surface area (TPSA) is 58.6 Å². The van der Waals surface area contributed by atoms with E-state index >= 15 is 0 Å². The number of nitrogens with zero attached hydrogens (tertiary/aromatic N) is 4. The average Bonchev–Trinajstić information content (AvgIpc) is 3.04. The van der Waals surface area contributed by atoms with E-state index in [1.54, 1.807) is 19.5 Å². The Morgan fingerprint density at radius 2 is 1.84 bits per heavy atom. The number of anilines is 1. The van der Waals surface area contributed by atoms with Crippen LogP contribution in [0.15, 0.2) is 73.2 Å². The molecule has 6 heteroatoms. The number of carbonyl (C=O) groups excluding carboxylic acids is 1. The van der Waals surface area contributed by atoms with Crippen LogP contribution >= 0.6 is 0 Å². The third-order valence-electron chi connectivity index (χ3n) is 5.70. The molecule has 2 heterocycles. The van der Waals surface area contributed by atoms with Crippen LogP contribution in [-0.4, -0.2) is 54.1 Å². The zero-order valence-electron chi connectivity index (χ0n) is 17.9. The largest absolute Gasteiger partial charge is 0.497 e. The highest BCUT2D eigenvalue weighted by Gasteiger charge is 2.26. The van der Waals surface area contributed by atoms with Crippen LogP contribution in [0.1, 0.15) is 11.3 Å². The van der Waals surface area contributed by atoms with Crippen LogP contribution < -0.4 is 9.64 Å². The minimum Gasteiger partial charge on any atom is -0.497 e. The summed E-state index contributed by atoms with van der Waals surface area (Å²) in [4.78, 5) is 26.2. The summed E-state index contributed by atoms with van der Waals surface area (Å²) in [5.41, 5.74) is 3.15. The Bertz CT molecular complexity index is 964. The van der Waals surface area contributed by atoms with Gasteiger partial charge in [-0.15, -0.1) is 0 Å². The molecule has 1 aliphatic rings. The molecule has 160 valence electrons. The number of para-hydroxylation sites is 1. The van der Waals surface area contributed by atoms with Gasteiger partial charge in [-0.1, -0.05) is 30.3 Å². The Hall–Kier alpha value is -3.41. The molecule has 3 aromatic rings. The lowest BCUT2D eigenvalue weighted by molar-refractivity contribution is -0.130. The van der Waals surface area contributed by atoms with Crippen molar-refractivity contribution < 1.29 is 9.53 Å². The second-order valence-electron chi connectivity index (χ2n) is 7.91. The highest BCUT2D eigenvalue weighted by Crippen LogP contribution is 2.21. The molecular formula is C25H28N4O2. The zero-order chi connectivity index (χ0) is 21.5. The van der Waals surface area contributed by atoms with Gasteiger partial charge in [0.1, 0.15) is 5.75 Å². The van der Waals surface area contributed by atoms with Gasteiger partial charge in [0.05, 0.1) is 19.2 Å². The summed E-state index contributed by atoms with van der Waals surface area (Å²) in [7, 11) is 1.65. The molecule has 0 N–H and O–H groups in total. The summed E-state index contributed by atoms with van der Waals surface area (Å²) in [6, 6.07) is 18.1. The molecule has 1 atom stereocenters. The number of hydrogen-bond acceptors (Lipinski definition) is 5. The van der Waals surface area contributed by atoms with Gasteiger partial charge in [-0.05, 0) is 42.2 Å². The fourth-order valence-corrected chi connectivity index (χ4v) is 4.09. The molecule has 1 amide bonds. The minimum absolute atomic E-state index is 0.157. The van der Waals surface area contributed by atoms with E-state index in [4.69, 9.17) is 4.74 Å². The quantitative estimate of drug-likeness (QED) is 0.618. The summed E-state index contributed by atoms with van der Waals surface area (Å²) in [5.74, 6) is 1.23. The van der Waals surface area contributed by atoms with E-state index in [1.165, 1.54) is 5.69 Å². The van der Waals surface area contributed by atoms with Gasteiger partial charge >= 0.3 is 0 Å². The van der Waals surface area contributed by atoms with Crippen LogP contribution in [0.3, 0.4) is 0 Å². The lowest BCUT2D eigenvalue weighted by Crippen LogP contribution is -2.37. The molecule has 0 radical (unpaired) electrons. The van der Waals surface area contributed by atoms with Crippen molar-refractivity contribution in [3.8, 4) is 5.75 Å². The first-order chi connectivity index (χ1) is 15.2. The number of ether oxygens (including phenoxy) is 1. The van der Waals surface area contributed by atoms with Crippen molar-refractivity contribution >= 4 is 11.6 Å². The number of amides is 1. The normalized spacial score (nSPS) is 16.6. The van der Waals surface area contributed by atoms with Gasteiger partial charge in [0.25, 0.3) is 0 Å². The number of aromatic nitrogens is 2. The summed E-state index contributed by atoms with van der Waals surface area (Å²) in [6.07, 6.45) is 6.43. The first kappa shape index (κ1) is 20.8. The highest BCUT2D eigenvalue weighted by molar-refractivity contribution is 5.79. The van der Waals surface area contributed by atoms with Gasteiger partial charge in [-0.25, -0.2) is 0 Å². The maximum Gasteiger partial charge on any atom is 0.227 e. The predicted molar refractivity (Wildman–Crippen MR) is 121 cm³/mol. The Labute approximate surface area is 183 Å². The summed E-state index contributed by atoms with van der Waals surface area (Å²) in [5, 5.41) is 0. The highest BCUT2D eigenvalue weighted by atomic mass is 16.5. The van der Waals surface area contributed by atoms with Crippen LogP contribution in [-0.2, 0) is 17.6 Å². The summed E-state index contributed by atoms with van der Waals surface area (Å²) < 4.78 is 5.22. The molecule has 4 rings (SSSR count). The lowest BCUT2D eigenvalue weighted by atomic mass is 10.0. The molecule has 0 spiro atoms. The van der Waals surface area contributed by atoms with Crippen molar-refractivity contribution in [2.75, 3.05) is 38.2 Å². The second-order valence-corrected chi connectivity index (χ2v) is 7.91. The molecule has 1 saturated heterocycles. The van der Waals surface area contributed by atoms with Crippen molar-refractivity contribution in [2.24, 2.45) is 5.92 Å². The first-order valence-corrected chi connectivity index (χ1v) is 10.7. The molecule has 1 aromatic heterocycles.